The Kier molecular flexibility index (Phi) is 3.85. The highest BCUT2D eigenvalue weighted by Gasteiger charge is 2.86. The van der Waals surface area contributed by atoms with E-state index < -0.39 is 58.4 Å². The first kappa shape index (κ1) is 19.1. The molecule has 8 nitrogen and oxygen atoms in total. The van der Waals surface area contributed by atoms with Crippen molar-refractivity contribution in [2.45, 2.75) is 82.6 Å². The Morgan fingerprint density at radius 3 is 2.37 bits per heavy atom. The number of carbonyl (C=O) groups excluding carboxylic acids is 2. The summed E-state index contributed by atoms with van der Waals surface area (Å²) in [5, 5.41) is 33.6. The molecule has 2 saturated heterocycles. The topological polar surface area (TPSA) is 123 Å². The Morgan fingerprint density at radius 2 is 1.78 bits per heavy atom. The highest BCUT2D eigenvalue weighted by atomic mass is 16.6. The second-order valence-electron chi connectivity index (χ2n) is 9.23. The van der Waals surface area contributed by atoms with Crippen molar-refractivity contribution in [3.05, 3.63) is 0 Å². The average Bonchev–Trinajstić information content (AvgIpc) is 2.67. The van der Waals surface area contributed by atoms with E-state index in [-0.39, 0.29) is 18.9 Å². The van der Waals surface area contributed by atoms with Crippen LogP contribution in [0.15, 0.2) is 0 Å². The first-order valence-corrected chi connectivity index (χ1v) is 9.49. The first-order valence-electron chi connectivity index (χ1n) is 9.49. The summed E-state index contributed by atoms with van der Waals surface area (Å²) in [6.07, 6.45) is -2.58. The highest BCUT2D eigenvalue weighted by molar-refractivity contribution is 5.67. The molecule has 152 valence electrons. The van der Waals surface area contributed by atoms with E-state index in [1.54, 1.807) is 13.8 Å². The SMILES string of the molecule is CC(=O)OC[C@]12CC[C@](C)(O)[C@H]3C[C@@]4(O)[C@H](O[C@H]31)[C@H](O)[C@@H](OC(C)=O)[C@]24C. The molecule has 5 fully saturated rings. The smallest absolute Gasteiger partial charge is 0.303 e. The lowest BCUT2D eigenvalue weighted by Crippen LogP contribution is -2.80. The van der Waals surface area contributed by atoms with Crippen LogP contribution in [-0.4, -0.2) is 69.5 Å². The van der Waals surface area contributed by atoms with Gasteiger partial charge in [-0.3, -0.25) is 9.59 Å². The minimum Gasteiger partial charge on any atom is -0.465 e. The summed E-state index contributed by atoms with van der Waals surface area (Å²) >= 11 is 0. The molecule has 3 aliphatic carbocycles. The van der Waals surface area contributed by atoms with Crippen LogP contribution in [-0.2, 0) is 23.8 Å². The largest absolute Gasteiger partial charge is 0.465 e. The maximum Gasteiger partial charge on any atom is 0.303 e. The molecule has 0 amide bonds. The quantitative estimate of drug-likeness (QED) is 0.577. The van der Waals surface area contributed by atoms with Crippen molar-refractivity contribution in [3.8, 4) is 0 Å². The molecule has 27 heavy (non-hydrogen) atoms. The maximum atomic E-state index is 11.8. The lowest BCUT2D eigenvalue weighted by Gasteiger charge is -2.71. The standard InChI is InChI=1S/C19H28O8/c1-9(20)25-8-18-6-5-16(3,23)11-7-19(24)15(27-13(11)18)12(22)14(17(18,19)4)26-10(2)21/h11-15,22-24H,5-8H2,1-4H3/t11-,12+,13+,14+,15+,16-,17+,18+,19+/m0/s1. The highest BCUT2D eigenvalue weighted by Crippen LogP contribution is 2.74. The maximum absolute atomic E-state index is 11.8. The molecule has 8 heteroatoms. The molecule has 3 saturated carbocycles. The van der Waals surface area contributed by atoms with Gasteiger partial charge in [0.05, 0.1) is 17.1 Å². The zero-order valence-electron chi connectivity index (χ0n) is 16.1. The summed E-state index contributed by atoms with van der Waals surface area (Å²) in [4.78, 5) is 23.3. The molecule has 0 aromatic carbocycles. The third-order valence-corrected chi connectivity index (χ3v) is 8.03. The van der Waals surface area contributed by atoms with E-state index in [1.165, 1.54) is 13.8 Å². The average molecular weight is 384 g/mol. The van der Waals surface area contributed by atoms with Gasteiger partial charge < -0.3 is 29.5 Å². The molecule has 0 spiro atoms. The minimum absolute atomic E-state index is 0.0321. The number of carbonyl (C=O) groups is 2. The van der Waals surface area contributed by atoms with Crippen LogP contribution in [0.2, 0.25) is 0 Å². The van der Waals surface area contributed by atoms with Crippen molar-refractivity contribution >= 4 is 11.9 Å². The Balaban J connectivity index is 1.88. The summed E-state index contributed by atoms with van der Waals surface area (Å²) in [6, 6.07) is 0. The van der Waals surface area contributed by atoms with Crippen LogP contribution in [0.25, 0.3) is 0 Å². The Hall–Kier alpha value is -1.22. The zero-order chi connectivity index (χ0) is 20.0. The normalized spacial score (nSPS) is 55.3. The Labute approximate surface area is 157 Å². The molecule has 0 aromatic heterocycles. The zero-order valence-corrected chi connectivity index (χ0v) is 16.1. The molecule has 5 aliphatic rings. The predicted molar refractivity (Wildman–Crippen MR) is 90.3 cm³/mol. The van der Waals surface area contributed by atoms with Crippen LogP contribution in [0, 0.1) is 16.7 Å². The van der Waals surface area contributed by atoms with Crippen LogP contribution in [0.3, 0.4) is 0 Å². The van der Waals surface area contributed by atoms with E-state index in [4.69, 9.17) is 14.2 Å². The van der Waals surface area contributed by atoms with Gasteiger partial charge in [0.1, 0.15) is 30.5 Å². The van der Waals surface area contributed by atoms with Crippen LogP contribution in [0.4, 0.5) is 0 Å². The third kappa shape index (κ3) is 2.07. The van der Waals surface area contributed by atoms with E-state index in [9.17, 15) is 24.9 Å². The molecule has 2 heterocycles. The molecule has 0 unspecified atom stereocenters. The molecule has 3 N–H and O–H groups in total. The van der Waals surface area contributed by atoms with Crippen molar-refractivity contribution in [2.24, 2.45) is 16.7 Å². The van der Waals surface area contributed by atoms with Gasteiger partial charge in [-0.1, -0.05) is 6.92 Å². The summed E-state index contributed by atoms with van der Waals surface area (Å²) in [5.41, 5.74) is -4.53. The fourth-order valence-electron chi connectivity index (χ4n) is 6.58. The lowest BCUT2D eigenvalue weighted by molar-refractivity contribution is -0.378. The van der Waals surface area contributed by atoms with Gasteiger partial charge >= 0.3 is 11.9 Å². The van der Waals surface area contributed by atoms with E-state index in [1.807, 2.05) is 0 Å². The summed E-state index contributed by atoms with van der Waals surface area (Å²) < 4.78 is 17.1. The molecule has 0 radical (unpaired) electrons. The molecule has 5 rings (SSSR count). The van der Waals surface area contributed by atoms with Crippen LogP contribution < -0.4 is 0 Å². The number of hydrogen-bond acceptors (Lipinski definition) is 8. The number of aliphatic hydroxyl groups excluding tert-OH is 1. The summed E-state index contributed by atoms with van der Waals surface area (Å²) in [5.74, 6) is -1.40. The number of aliphatic hydroxyl groups is 3. The van der Waals surface area contributed by atoms with Gasteiger partial charge in [-0.2, -0.15) is 0 Å². The monoisotopic (exact) mass is 384 g/mol. The van der Waals surface area contributed by atoms with Gasteiger partial charge in [0.15, 0.2) is 0 Å². The van der Waals surface area contributed by atoms with E-state index in [0.717, 1.165) is 0 Å². The van der Waals surface area contributed by atoms with Crippen LogP contribution in [0.5, 0.6) is 0 Å². The first-order chi connectivity index (χ1) is 12.4. The van der Waals surface area contributed by atoms with Crippen LogP contribution >= 0.6 is 0 Å². The number of rotatable bonds is 3. The van der Waals surface area contributed by atoms with Gasteiger partial charge in [-0.05, 0) is 26.2 Å². The van der Waals surface area contributed by atoms with Gasteiger partial charge in [0, 0.05) is 25.2 Å². The van der Waals surface area contributed by atoms with E-state index in [2.05, 4.69) is 0 Å². The van der Waals surface area contributed by atoms with Crippen molar-refractivity contribution in [1.29, 1.82) is 0 Å². The summed E-state index contributed by atoms with van der Waals surface area (Å²) in [6.45, 7) is 6.05. The third-order valence-electron chi connectivity index (χ3n) is 8.03. The van der Waals surface area contributed by atoms with Crippen molar-refractivity contribution in [2.75, 3.05) is 6.61 Å². The summed E-state index contributed by atoms with van der Waals surface area (Å²) in [7, 11) is 0. The van der Waals surface area contributed by atoms with Gasteiger partial charge in [0.25, 0.3) is 0 Å². The van der Waals surface area contributed by atoms with Gasteiger partial charge in [-0.25, -0.2) is 0 Å². The molecule has 9 atom stereocenters. The predicted octanol–water partition coefficient (Wildman–Crippen LogP) is -0.0884. The number of esters is 2. The number of hydrogen-bond donors (Lipinski definition) is 3. The van der Waals surface area contributed by atoms with Crippen molar-refractivity contribution in [1.82, 2.24) is 0 Å². The molecular weight excluding hydrogens is 356 g/mol. The van der Waals surface area contributed by atoms with E-state index in [0.29, 0.717) is 12.8 Å². The lowest BCUT2D eigenvalue weighted by atomic mass is 9.40. The van der Waals surface area contributed by atoms with Crippen LogP contribution in [0.1, 0.15) is 47.0 Å². The molecule has 6 bridgehead atoms. The van der Waals surface area contributed by atoms with Crippen molar-refractivity contribution < 1.29 is 39.1 Å². The van der Waals surface area contributed by atoms with Gasteiger partial charge in [0.2, 0.25) is 0 Å². The fraction of sp³-hybridized carbons (Fsp3) is 0.895. The van der Waals surface area contributed by atoms with Crippen molar-refractivity contribution in [3.63, 3.8) is 0 Å². The minimum atomic E-state index is -1.52. The molecule has 2 aliphatic heterocycles. The number of ether oxygens (including phenoxy) is 3. The fourth-order valence-corrected chi connectivity index (χ4v) is 6.58. The Morgan fingerprint density at radius 1 is 1.11 bits per heavy atom. The molecule has 0 aromatic rings. The molecular formula is C19H28O8. The second-order valence-corrected chi connectivity index (χ2v) is 9.23. The van der Waals surface area contributed by atoms with Gasteiger partial charge in [-0.15, -0.1) is 0 Å². The van der Waals surface area contributed by atoms with E-state index >= 15 is 0 Å². The Bertz CT molecular complexity index is 691. The second kappa shape index (κ2) is 5.43.